The molecule has 1 amide bonds. The van der Waals surface area contributed by atoms with Crippen LogP contribution in [0.4, 0.5) is 0 Å². The number of nitrogens with one attached hydrogen (secondary N) is 1. The lowest BCUT2D eigenvalue weighted by molar-refractivity contribution is -0.131. The van der Waals surface area contributed by atoms with Gasteiger partial charge in [0.05, 0.1) is 6.54 Å². The fourth-order valence-corrected chi connectivity index (χ4v) is 3.56. The number of carbonyl (C=O) groups is 1. The van der Waals surface area contributed by atoms with Gasteiger partial charge in [-0.1, -0.05) is 26.7 Å². The normalized spacial score (nSPS) is 19.0. The molecule has 2 fully saturated rings. The minimum absolute atomic E-state index is 0. The smallest absolute Gasteiger partial charge is 0.236 e. The van der Waals surface area contributed by atoms with E-state index in [4.69, 9.17) is 4.99 Å². The molecular weight excluding hydrogens is 441 g/mol. The molecule has 0 radical (unpaired) electrons. The first-order chi connectivity index (χ1) is 12.2. The van der Waals surface area contributed by atoms with Crippen molar-refractivity contribution in [1.29, 1.82) is 0 Å². The van der Waals surface area contributed by atoms with Crippen LogP contribution in [0.25, 0.3) is 0 Å². The summed E-state index contributed by atoms with van der Waals surface area (Å²) in [5.74, 6) is 2.02. The Morgan fingerprint density at radius 2 is 1.58 bits per heavy atom. The molecule has 0 spiro atoms. The molecule has 2 rings (SSSR count). The number of rotatable bonds is 7. The molecule has 152 valence electrons. The molecule has 2 aliphatic heterocycles. The van der Waals surface area contributed by atoms with Gasteiger partial charge in [0.2, 0.25) is 5.91 Å². The number of amides is 1. The van der Waals surface area contributed by atoms with Crippen molar-refractivity contribution >= 4 is 35.8 Å². The highest BCUT2D eigenvalue weighted by Gasteiger charge is 2.24. The van der Waals surface area contributed by atoms with Crippen LogP contribution in [0, 0.1) is 5.92 Å². The maximum atomic E-state index is 12.3. The van der Waals surface area contributed by atoms with Crippen LogP contribution < -0.4 is 5.32 Å². The summed E-state index contributed by atoms with van der Waals surface area (Å²) in [4.78, 5) is 23.8. The molecule has 0 aromatic rings. The summed E-state index contributed by atoms with van der Waals surface area (Å²) in [5, 5.41) is 3.44. The summed E-state index contributed by atoms with van der Waals surface area (Å²) in [7, 11) is 0. The number of guanidine groups is 1. The number of likely N-dealkylation sites (tertiary alicyclic amines) is 1. The number of hydrogen-bond donors (Lipinski definition) is 1. The third-order valence-electron chi connectivity index (χ3n) is 5.48. The monoisotopic (exact) mass is 479 g/mol. The first-order valence-corrected chi connectivity index (χ1v) is 10.2. The second-order valence-corrected chi connectivity index (χ2v) is 7.23. The molecule has 1 N–H and O–H groups in total. The van der Waals surface area contributed by atoms with Gasteiger partial charge in [-0.15, -0.1) is 24.0 Å². The molecule has 0 bridgehead atoms. The number of nitrogens with zero attached hydrogens (tertiary/aromatic N) is 4. The van der Waals surface area contributed by atoms with Crippen LogP contribution in [0.3, 0.4) is 0 Å². The molecule has 0 atom stereocenters. The highest BCUT2D eigenvalue weighted by Crippen LogP contribution is 2.11. The van der Waals surface area contributed by atoms with Crippen LogP contribution in [0.5, 0.6) is 0 Å². The Bertz CT molecular complexity index is 428. The average molecular weight is 479 g/mol. The van der Waals surface area contributed by atoms with Crippen molar-refractivity contribution in [2.75, 3.05) is 58.9 Å². The summed E-state index contributed by atoms with van der Waals surface area (Å²) >= 11 is 0. The lowest BCUT2D eigenvalue weighted by atomic mass is 10.0. The van der Waals surface area contributed by atoms with Gasteiger partial charge < -0.3 is 15.1 Å². The quantitative estimate of drug-likeness (QED) is 0.346. The molecule has 6 nitrogen and oxygen atoms in total. The zero-order chi connectivity index (χ0) is 18.1. The van der Waals surface area contributed by atoms with Crippen LogP contribution in [0.2, 0.25) is 0 Å². The fraction of sp³-hybridized carbons (Fsp3) is 0.895. The maximum Gasteiger partial charge on any atom is 0.236 e. The van der Waals surface area contributed by atoms with Crippen LogP contribution >= 0.6 is 24.0 Å². The van der Waals surface area contributed by atoms with E-state index in [0.717, 1.165) is 58.3 Å². The SMILES string of the molecule is CCNC(=NCC(CC)CC)N1CCN(CC(=O)N2CCCC2)CC1.I. The largest absolute Gasteiger partial charge is 0.357 e. The average Bonchev–Trinajstić information content (AvgIpc) is 3.17. The Morgan fingerprint density at radius 1 is 0.962 bits per heavy atom. The van der Waals surface area contributed by atoms with Crippen molar-refractivity contribution in [2.45, 2.75) is 46.5 Å². The van der Waals surface area contributed by atoms with E-state index in [1.165, 1.54) is 25.7 Å². The van der Waals surface area contributed by atoms with Gasteiger partial charge in [-0.3, -0.25) is 14.7 Å². The van der Waals surface area contributed by atoms with E-state index in [9.17, 15) is 4.79 Å². The van der Waals surface area contributed by atoms with Crippen LogP contribution in [-0.2, 0) is 4.79 Å². The highest BCUT2D eigenvalue weighted by molar-refractivity contribution is 14.0. The highest BCUT2D eigenvalue weighted by atomic mass is 127. The Hall–Kier alpha value is -0.570. The van der Waals surface area contributed by atoms with Gasteiger partial charge >= 0.3 is 0 Å². The lowest BCUT2D eigenvalue weighted by Crippen LogP contribution is -2.54. The fourth-order valence-electron chi connectivity index (χ4n) is 3.56. The Morgan fingerprint density at radius 3 is 2.12 bits per heavy atom. The van der Waals surface area contributed by atoms with Gasteiger partial charge in [0.25, 0.3) is 0 Å². The van der Waals surface area contributed by atoms with Crippen molar-refractivity contribution < 1.29 is 4.79 Å². The second-order valence-electron chi connectivity index (χ2n) is 7.23. The Kier molecular flexibility index (Phi) is 11.5. The van der Waals surface area contributed by atoms with Crippen molar-refractivity contribution in [2.24, 2.45) is 10.9 Å². The van der Waals surface area contributed by atoms with E-state index in [-0.39, 0.29) is 24.0 Å². The van der Waals surface area contributed by atoms with Crippen molar-refractivity contribution in [1.82, 2.24) is 20.0 Å². The van der Waals surface area contributed by atoms with E-state index in [1.54, 1.807) is 0 Å². The summed E-state index contributed by atoms with van der Waals surface area (Å²) in [6.07, 6.45) is 4.70. The van der Waals surface area contributed by atoms with Crippen LogP contribution in [0.15, 0.2) is 4.99 Å². The molecule has 2 aliphatic rings. The molecule has 7 heteroatoms. The molecule has 0 aliphatic carbocycles. The molecule has 0 unspecified atom stereocenters. The second kappa shape index (κ2) is 12.8. The number of aliphatic imine (C=N–C) groups is 1. The predicted octanol–water partition coefficient (Wildman–Crippen LogP) is 2.25. The zero-order valence-electron chi connectivity index (χ0n) is 16.9. The predicted molar refractivity (Wildman–Crippen MR) is 119 cm³/mol. The zero-order valence-corrected chi connectivity index (χ0v) is 19.2. The Labute approximate surface area is 176 Å². The van der Waals surface area contributed by atoms with Gasteiger partial charge in [0.1, 0.15) is 0 Å². The minimum atomic E-state index is 0. The van der Waals surface area contributed by atoms with Gasteiger partial charge in [-0.05, 0) is 25.7 Å². The first-order valence-electron chi connectivity index (χ1n) is 10.2. The molecule has 0 aromatic carbocycles. The van der Waals surface area contributed by atoms with Crippen molar-refractivity contribution in [3.63, 3.8) is 0 Å². The van der Waals surface area contributed by atoms with Crippen molar-refractivity contribution in [3.05, 3.63) is 0 Å². The van der Waals surface area contributed by atoms with E-state index >= 15 is 0 Å². The maximum absolute atomic E-state index is 12.3. The molecular formula is C19H38IN5O. The van der Waals surface area contributed by atoms with Crippen LogP contribution in [0.1, 0.15) is 46.5 Å². The summed E-state index contributed by atoms with van der Waals surface area (Å²) < 4.78 is 0. The third kappa shape index (κ3) is 7.21. The minimum Gasteiger partial charge on any atom is -0.357 e. The lowest BCUT2D eigenvalue weighted by Gasteiger charge is -2.36. The molecule has 0 saturated carbocycles. The van der Waals surface area contributed by atoms with Gasteiger partial charge in [0, 0.05) is 52.4 Å². The van der Waals surface area contributed by atoms with E-state index in [1.807, 2.05) is 4.90 Å². The first kappa shape index (κ1) is 23.5. The van der Waals surface area contributed by atoms with Gasteiger partial charge in [-0.25, -0.2) is 0 Å². The molecule has 2 heterocycles. The van der Waals surface area contributed by atoms with Crippen LogP contribution in [-0.4, -0.2) is 85.5 Å². The number of piperazine rings is 1. The Balaban J connectivity index is 0.00000338. The molecule has 0 aromatic heterocycles. The van der Waals surface area contributed by atoms with E-state index in [0.29, 0.717) is 18.4 Å². The number of hydrogen-bond acceptors (Lipinski definition) is 3. The molecule has 26 heavy (non-hydrogen) atoms. The van der Waals surface area contributed by atoms with Gasteiger partial charge in [0.15, 0.2) is 5.96 Å². The summed E-state index contributed by atoms with van der Waals surface area (Å²) in [6.45, 7) is 14.7. The third-order valence-corrected chi connectivity index (χ3v) is 5.48. The standard InChI is InChI=1S/C19H37N5O.HI/c1-4-17(5-2)15-21-19(20-6-3)24-13-11-22(12-14-24)16-18(25)23-9-7-8-10-23;/h17H,4-16H2,1-3H3,(H,20,21);1H. The number of halogens is 1. The van der Waals surface area contributed by atoms with E-state index in [2.05, 4.69) is 35.9 Å². The number of carbonyl (C=O) groups excluding carboxylic acids is 1. The van der Waals surface area contributed by atoms with E-state index < -0.39 is 0 Å². The van der Waals surface area contributed by atoms with Gasteiger partial charge in [-0.2, -0.15) is 0 Å². The summed E-state index contributed by atoms with van der Waals surface area (Å²) in [6, 6.07) is 0. The van der Waals surface area contributed by atoms with Crippen molar-refractivity contribution in [3.8, 4) is 0 Å². The molecule has 2 saturated heterocycles. The topological polar surface area (TPSA) is 51.2 Å². The summed E-state index contributed by atoms with van der Waals surface area (Å²) in [5.41, 5.74) is 0.